The molecule has 0 aliphatic carbocycles. The van der Waals surface area contributed by atoms with Crippen LogP contribution >= 0.6 is 11.3 Å². The van der Waals surface area contributed by atoms with Crippen LogP contribution in [0, 0.1) is 5.82 Å². The minimum atomic E-state index is -0.309. The number of hydrogen-bond donors (Lipinski definition) is 1. The first-order chi connectivity index (χ1) is 12.6. The van der Waals surface area contributed by atoms with Gasteiger partial charge in [-0.1, -0.05) is 12.1 Å². The summed E-state index contributed by atoms with van der Waals surface area (Å²) in [5.74, 6) is 0.212. The van der Waals surface area contributed by atoms with Crippen molar-refractivity contribution in [3.63, 3.8) is 0 Å². The molecule has 0 atom stereocenters. The molecule has 26 heavy (non-hydrogen) atoms. The van der Waals surface area contributed by atoms with Crippen LogP contribution < -0.4 is 10.1 Å². The number of rotatable bonds is 6. The standard InChI is InChI=1S/C20H17FN2O2S/c1-2-25-17-10-6-15(7-11-17)18-13-26-20(22-18)23-19(24)12-5-14-3-8-16(21)9-4-14/h3-13H,2H2,1H3,(H,22,23,24). The number of ether oxygens (including phenoxy) is 1. The molecule has 3 rings (SSSR count). The van der Waals surface area contributed by atoms with E-state index < -0.39 is 0 Å². The van der Waals surface area contributed by atoms with Gasteiger partial charge in [-0.05, 0) is 55.0 Å². The van der Waals surface area contributed by atoms with E-state index in [9.17, 15) is 9.18 Å². The molecule has 0 bridgehead atoms. The summed E-state index contributed by atoms with van der Waals surface area (Å²) < 4.78 is 18.3. The molecular formula is C20H17FN2O2S. The molecule has 0 saturated carbocycles. The van der Waals surface area contributed by atoms with Crippen molar-refractivity contribution in [1.29, 1.82) is 0 Å². The quantitative estimate of drug-likeness (QED) is 0.623. The van der Waals surface area contributed by atoms with Gasteiger partial charge in [-0.2, -0.15) is 0 Å². The highest BCUT2D eigenvalue weighted by Crippen LogP contribution is 2.26. The van der Waals surface area contributed by atoms with E-state index in [1.807, 2.05) is 36.6 Å². The number of benzene rings is 2. The van der Waals surface area contributed by atoms with Gasteiger partial charge >= 0.3 is 0 Å². The first-order valence-electron chi connectivity index (χ1n) is 8.07. The number of nitrogens with one attached hydrogen (secondary N) is 1. The van der Waals surface area contributed by atoms with Crippen molar-refractivity contribution in [2.75, 3.05) is 11.9 Å². The average molecular weight is 368 g/mol. The molecule has 1 aromatic heterocycles. The lowest BCUT2D eigenvalue weighted by atomic mass is 10.2. The Morgan fingerprint density at radius 1 is 1.19 bits per heavy atom. The van der Waals surface area contributed by atoms with Gasteiger partial charge in [0.25, 0.3) is 0 Å². The van der Waals surface area contributed by atoms with Crippen LogP contribution in [0.5, 0.6) is 5.75 Å². The van der Waals surface area contributed by atoms with Gasteiger partial charge in [0.05, 0.1) is 12.3 Å². The maximum atomic E-state index is 12.9. The topological polar surface area (TPSA) is 51.2 Å². The fourth-order valence-electron chi connectivity index (χ4n) is 2.25. The molecule has 1 heterocycles. The molecule has 3 aromatic rings. The molecular weight excluding hydrogens is 351 g/mol. The number of thiazole rings is 1. The summed E-state index contributed by atoms with van der Waals surface area (Å²) in [7, 11) is 0. The number of hydrogen-bond acceptors (Lipinski definition) is 4. The van der Waals surface area contributed by atoms with E-state index in [0.717, 1.165) is 22.6 Å². The molecule has 132 valence electrons. The normalized spacial score (nSPS) is 10.8. The van der Waals surface area contributed by atoms with Gasteiger partial charge in [-0.25, -0.2) is 9.37 Å². The van der Waals surface area contributed by atoms with Crippen molar-refractivity contribution in [3.8, 4) is 17.0 Å². The lowest BCUT2D eigenvalue weighted by Crippen LogP contribution is -2.07. The van der Waals surface area contributed by atoms with Crippen LogP contribution in [0.15, 0.2) is 60.0 Å². The molecule has 0 saturated heterocycles. The SMILES string of the molecule is CCOc1ccc(-c2csc(NC(=O)C=Cc3ccc(F)cc3)n2)cc1. The van der Waals surface area contributed by atoms with Crippen LogP contribution in [-0.2, 0) is 4.79 Å². The summed E-state index contributed by atoms with van der Waals surface area (Å²) in [6.07, 6.45) is 3.01. The van der Waals surface area contributed by atoms with Crippen molar-refractivity contribution in [2.45, 2.75) is 6.92 Å². The number of carbonyl (C=O) groups is 1. The Balaban J connectivity index is 1.62. The summed E-state index contributed by atoms with van der Waals surface area (Å²) in [6.45, 7) is 2.56. The molecule has 1 N–H and O–H groups in total. The molecule has 6 heteroatoms. The van der Waals surface area contributed by atoms with Gasteiger partial charge in [0.1, 0.15) is 11.6 Å². The van der Waals surface area contributed by atoms with E-state index in [4.69, 9.17) is 4.74 Å². The summed E-state index contributed by atoms with van der Waals surface area (Å²) >= 11 is 1.35. The number of carbonyl (C=O) groups excluding carboxylic acids is 1. The second-order valence-corrected chi connectivity index (χ2v) is 6.23. The molecule has 0 unspecified atom stereocenters. The minimum Gasteiger partial charge on any atom is -0.494 e. The van der Waals surface area contributed by atoms with Crippen molar-refractivity contribution in [2.24, 2.45) is 0 Å². The van der Waals surface area contributed by atoms with Gasteiger partial charge in [0.2, 0.25) is 5.91 Å². The van der Waals surface area contributed by atoms with Gasteiger partial charge < -0.3 is 4.74 Å². The van der Waals surface area contributed by atoms with E-state index in [1.165, 1.54) is 29.5 Å². The third kappa shape index (κ3) is 4.77. The fourth-order valence-corrected chi connectivity index (χ4v) is 2.97. The van der Waals surface area contributed by atoms with E-state index in [2.05, 4.69) is 10.3 Å². The minimum absolute atomic E-state index is 0.290. The van der Waals surface area contributed by atoms with Gasteiger partial charge in [0.15, 0.2) is 5.13 Å². The summed E-state index contributed by atoms with van der Waals surface area (Å²) in [5, 5.41) is 5.13. The number of halogens is 1. The number of amides is 1. The van der Waals surface area contributed by atoms with E-state index in [1.54, 1.807) is 18.2 Å². The second-order valence-electron chi connectivity index (χ2n) is 5.37. The Labute approximate surface area is 155 Å². The maximum absolute atomic E-state index is 12.9. The zero-order valence-electron chi connectivity index (χ0n) is 14.1. The summed E-state index contributed by atoms with van der Waals surface area (Å²) in [5.41, 5.74) is 2.48. The molecule has 0 radical (unpaired) electrons. The van der Waals surface area contributed by atoms with Crippen LogP contribution in [0.4, 0.5) is 9.52 Å². The first-order valence-corrected chi connectivity index (χ1v) is 8.95. The Hall–Kier alpha value is -2.99. The predicted molar refractivity (Wildman–Crippen MR) is 103 cm³/mol. The molecule has 0 spiro atoms. The van der Waals surface area contributed by atoms with Crippen molar-refractivity contribution in [1.82, 2.24) is 4.98 Å². The Morgan fingerprint density at radius 2 is 1.92 bits per heavy atom. The maximum Gasteiger partial charge on any atom is 0.250 e. The second kappa shape index (κ2) is 8.40. The van der Waals surface area contributed by atoms with E-state index in [0.29, 0.717) is 11.7 Å². The van der Waals surface area contributed by atoms with Crippen molar-refractivity contribution in [3.05, 3.63) is 71.4 Å². The molecule has 1 amide bonds. The smallest absolute Gasteiger partial charge is 0.250 e. The highest BCUT2D eigenvalue weighted by molar-refractivity contribution is 7.14. The van der Waals surface area contributed by atoms with E-state index >= 15 is 0 Å². The van der Waals surface area contributed by atoms with Crippen LogP contribution in [-0.4, -0.2) is 17.5 Å². The predicted octanol–water partition coefficient (Wildman–Crippen LogP) is 5.00. The number of aromatic nitrogens is 1. The Kier molecular flexibility index (Phi) is 5.76. The van der Waals surface area contributed by atoms with Crippen LogP contribution in [0.3, 0.4) is 0 Å². The van der Waals surface area contributed by atoms with Crippen molar-refractivity contribution >= 4 is 28.5 Å². The van der Waals surface area contributed by atoms with Gasteiger partial charge in [0, 0.05) is 17.0 Å². The average Bonchev–Trinajstić information content (AvgIpc) is 3.10. The lowest BCUT2D eigenvalue weighted by Gasteiger charge is -2.03. The van der Waals surface area contributed by atoms with Crippen LogP contribution in [0.25, 0.3) is 17.3 Å². The third-order valence-corrected chi connectivity index (χ3v) is 4.25. The largest absolute Gasteiger partial charge is 0.494 e. The first kappa shape index (κ1) is 17.8. The summed E-state index contributed by atoms with van der Waals surface area (Å²) in [4.78, 5) is 16.4. The fraction of sp³-hybridized carbons (Fsp3) is 0.100. The van der Waals surface area contributed by atoms with Crippen LogP contribution in [0.2, 0.25) is 0 Å². The molecule has 0 aliphatic heterocycles. The zero-order valence-corrected chi connectivity index (χ0v) is 14.9. The van der Waals surface area contributed by atoms with Gasteiger partial charge in [-0.15, -0.1) is 11.3 Å². The molecule has 4 nitrogen and oxygen atoms in total. The Bertz CT molecular complexity index is 902. The highest BCUT2D eigenvalue weighted by atomic mass is 32.1. The monoisotopic (exact) mass is 368 g/mol. The lowest BCUT2D eigenvalue weighted by molar-refractivity contribution is -0.111. The molecule has 0 fully saturated rings. The van der Waals surface area contributed by atoms with Gasteiger partial charge in [-0.3, -0.25) is 10.1 Å². The third-order valence-electron chi connectivity index (χ3n) is 3.49. The summed E-state index contributed by atoms with van der Waals surface area (Å²) in [6, 6.07) is 13.5. The number of anilines is 1. The Morgan fingerprint density at radius 3 is 2.62 bits per heavy atom. The molecule has 2 aromatic carbocycles. The van der Waals surface area contributed by atoms with Crippen molar-refractivity contribution < 1.29 is 13.9 Å². The highest BCUT2D eigenvalue weighted by Gasteiger charge is 2.07. The molecule has 0 aliphatic rings. The number of nitrogens with zero attached hydrogens (tertiary/aromatic N) is 1. The van der Waals surface area contributed by atoms with E-state index in [-0.39, 0.29) is 11.7 Å². The zero-order chi connectivity index (χ0) is 18.4. The van der Waals surface area contributed by atoms with Crippen LogP contribution in [0.1, 0.15) is 12.5 Å².